The lowest BCUT2D eigenvalue weighted by molar-refractivity contribution is -0.274. The van der Waals surface area contributed by atoms with E-state index in [1.807, 2.05) is 18.2 Å². The van der Waals surface area contributed by atoms with Gasteiger partial charge in [-0.25, -0.2) is 4.98 Å². The van der Waals surface area contributed by atoms with Crippen molar-refractivity contribution in [3.8, 4) is 5.75 Å². The van der Waals surface area contributed by atoms with Crippen LogP contribution in [0.4, 0.5) is 24.8 Å². The molecule has 0 aliphatic heterocycles. The molecular weight excluding hydrogens is 481 g/mol. The third kappa shape index (κ3) is 6.64. The number of hydrogen-bond acceptors (Lipinski definition) is 4. The lowest BCUT2D eigenvalue weighted by Gasteiger charge is -2.40. The van der Waals surface area contributed by atoms with Crippen LogP contribution < -0.4 is 10.1 Å². The highest BCUT2D eigenvalue weighted by molar-refractivity contribution is 5.92. The first-order chi connectivity index (χ1) is 17.3. The number of ether oxygens (including phenoxy) is 1. The average molecular weight is 515 g/mol. The maximum Gasteiger partial charge on any atom is 0.573 e. The third-order valence-corrected chi connectivity index (χ3v) is 6.65. The second-order valence-electron chi connectivity index (χ2n) is 10.9. The number of likely N-dealkylation sites (N-methyl/N-ethyl adjacent to an activating group) is 1. The van der Waals surface area contributed by atoms with Crippen LogP contribution in [0.5, 0.6) is 5.75 Å². The van der Waals surface area contributed by atoms with Crippen LogP contribution in [0.15, 0.2) is 48.5 Å². The Kier molecular flexibility index (Phi) is 7.26. The van der Waals surface area contributed by atoms with Gasteiger partial charge in [0.15, 0.2) is 0 Å². The Labute approximate surface area is 215 Å². The number of fused-ring (bicyclic) bond motifs is 1. The second kappa shape index (κ2) is 10.1. The summed E-state index contributed by atoms with van der Waals surface area (Å²) in [6, 6.07) is 11.8. The Balaban J connectivity index is 1.71. The van der Waals surface area contributed by atoms with E-state index in [9.17, 15) is 18.0 Å². The van der Waals surface area contributed by atoms with E-state index in [4.69, 9.17) is 4.98 Å². The van der Waals surface area contributed by atoms with Crippen molar-refractivity contribution in [3.63, 3.8) is 0 Å². The number of aromatic nitrogens is 2. The summed E-state index contributed by atoms with van der Waals surface area (Å²) in [4.78, 5) is 18.4. The van der Waals surface area contributed by atoms with Crippen LogP contribution in [-0.4, -0.2) is 40.8 Å². The minimum Gasteiger partial charge on any atom is -0.406 e. The summed E-state index contributed by atoms with van der Waals surface area (Å²) in [7, 11) is 3.40. The number of anilines is 2. The van der Waals surface area contributed by atoms with Gasteiger partial charge in [-0.3, -0.25) is 4.79 Å². The van der Waals surface area contributed by atoms with Crippen molar-refractivity contribution in [1.29, 1.82) is 0 Å². The van der Waals surface area contributed by atoms with Gasteiger partial charge >= 0.3 is 6.36 Å². The number of imidazole rings is 1. The van der Waals surface area contributed by atoms with Crippen LogP contribution in [0.25, 0.3) is 17.1 Å². The lowest BCUT2D eigenvalue weighted by Crippen LogP contribution is -2.29. The maximum atomic E-state index is 12.6. The summed E-state index contributed by atoms with van der Waals surface area (Å²) in [5.41, 5.74) is 3.36. The molecule has 4 rings (SSSR count). The molecule has 3 aromatic rings. The van der Waals surface area contributed by atoms with Gasteiger partial charge in [0.25, 0.3) is 0 Å². The first-order valence-corrected chi connectivity index (χ1v) is 12.3. The summed E-state index contributed by atoms with van der Waals surface area (Å²) in [5.74, 6) is 0.777. The minimum absolute atomic E-state index is 0.107. The predicted octanol–water partition coefficient (Wildman–Crippen LogP) is 7.17. The smallest absolute Gasteiger partial charge is 0.406 e. The molecule has 1 saturated carbocycles. The normalized spacial score (nSPS) is 19.8. The molecule has 0 radical (unpaired) electrons. The fourth-order valence-electron chi connectivity index (χ4n) is 5.36. The SMILES string of the molecule is C[C@H]1C[C@H](n2c(Nc3ccc(OC(F)(F)F)cc3)nc3cc(/C=C/C(=O)N(C)C)ccc32)CC(C)(C)C1. The Morgan fingerprint density at radius 2 is 1.86 bits per heavy atom. The fourth-order valence-corrected chi connectivity index (χ4v) is 5.36. The number of rotatable bonds is 6. The summed E-state index contributed by atoms with van der Waals surface area (Å²) in [5, 5.41) is 3.31. The van der Waals surface area contributed by atoms with Crippen molar-refractivity contribution in [1.82, 2.24) is 14.5 Å². The number of nitrogens with zero attached hydrogens (tertiary/aromatic N) is 3. The Bertz CT molecular complexity index is 1290. The number of alkyl halides is 3. The quantitative estimate of drug-likeness (QED) is 0.355. The molecule has 1 aromatic heterocycles. The molecule has 0 saturated heterocycles. The zero-order valence-electron chi connectivity index (χ0n) is 21.8. The first-order valence-electron chi connectivity index (χ1n) is 12.3. The molecule has 0 unspecified atom stereocenters. The van der Waals surface area contributed by atoms with Crippen LogP contribution in [-0.2, 0) is 4.79 Å². The summed E-state index contributed by atoms with van der Waals surface area (Å²) in [6.07, 6.45) is 1.67. The van der Waals surface area contributed by atoms with E-state index in [0.717, 1.165) is 35.9 Å². The highest BCUT2D eigenvalue weighted by Gasteiger charge is 2.35. The Morgan fingerprint density at radius 1 is 1.16 bits per heavy atom. The molecule has 6 nitrogen and oxygen atoms in total. The molecule has 37 heavy (non-hydrogen) atoms. The summed E-state index contributed by atoms with van der Waals surface area (Å²) < 4.78 is 43.9. The largest absolute Gasteiger partial charge is 0.573 e. The van der Waals surface area contributed by atoms with Crippen LogP contribution in [0.3, 0.4) is 0 Å². The number of halogens is 3. The molecule has 2 atom stereocenters. The average Bonchev–Trinajstić information content (AvgIpc) is 3.13. The van der Waals surface area contributed by atoms with Crippen LogP contribution in [0, 0.1) is 11.3 Å². The van der Waals surface area contributed by atoms with Crippen molar-refractivity contribution in [2.75, 3.05) is 19.4 Å². The Hall–Kier alpha value is -3.49. The number of carbonyl (C=O) groups is 1. The minimum atomic E-state index is -4.74. The summed E-state index contributed by atoms with van der Waals surface area (Å²) >= 11 is 0. The number of nitrogens with one attached hydrogen (secondary N) is 1. The maximum absolute atomic E-state index is 12.6. The fraction of sp³-hybridized carbons (Fsp3) is 0.429. The highest BCUT2D eigenvalue weighted by Crippen LogP contribution is 2.46. The zero-order valence-corrected chi connectivity index (χ0v) is 21.8. The van der Waals surface area contributed by atoms with Gasteiger partial charge in [0.1, 0.15) is 5.75 Å². The molecule has 198 valence electrons. The van der Waals surface area contributed by atoms with Gasteiger partial charge in [0.2, 0.25) is 11.9 Å². The van der Waals surface area contributed by atoms with Gasteiger partial charge in [-0.15, -0.1) is 13.2 Å². The van der Waals surface area contributed by atoms with E-state index in [-0.39, 0.29) is 23.1 Å². The van der Waals surface area contributed by atoms with Gasteiger partial charge in [-0.2, -0.15) is 0 Å². The van der Waals surface area contributed by atoms with Gasteiger partial charge in [-0.05, 0) is 78.6 Å². The van der Waals surface area contributed by atoms with Crippen molar-refractivity contribution in [3.05, 3.63) is 54.1 Å². The van der Waals surface area contributed by atoms with Gasteiger partial charge in [-0.1, -0.05) is 26.8 Å². The third-order valence-electron chi connectivity index (χ3n) is 6.65. The molecule has 1 fully saturated rings. The molecule has 1 heterocycles. The van der Waals surface area contributed by atoms with Crippen LogP contribution in [0.1, 0.15) is 51.6 Å². The molecule has 0 bridgehead atoms. The number of benzene rings is 2. The molecule has 0 spiro atoms. The highest BCUT2D eigenvalue weighted by atomic mass is 19.4. The molecule has 9 heteroatoms. The summed E-state index contributed by atoms with van der Waals surface area (Å²) in [6.45, 7) is 6.84. The number of hydrogen-bond donors (Lipinski definition) is 1. The number of carbonyl (C=O) groups excluding carboxylic acids is 1. The first kappa shape index (κ1) is 26.6. The van der Waals surface area contributed by atoms with E-state index in [1.165, 1.54) is 23.1 Å². The molecule has 2 aromatic carbocycles. The molecule has 1 aliphatic rings. The van der Waals surface area contributed by atoms with Crippen molar-refractivity contribution in [2.45, 2.75) is 52.4 Å². The van der Waals surface area contributed by atoms with Gasteiger partial charge < -0.3 is 19.5 Å². The van der Waals surface area contributed by atoms with E-state index in [2.05, 4.69) is 35.4 Å². The van der Waals surface area contributed by atoms with Crippen molar-refractivity contribution in [2.24, 2.45) is 11.3 Å². The zero-order chi connectivity index (χ0) is 27.0. The predicted molar refractivity (Wildman–Crippen MR) is 140 cm³/mol. The lowest BCUT2D eigenvalue weighted by atomic mass is 9.70. The van der Waals surface area contributed by atoms with E-state index in [1.54, 1.807) is 32.3 Å². The topological polar surface area (TPSA) is 59.4 Å². The standard InChI is InChI=1S/C28H33F3N4O2/c1-18-14-21(17-27(2,3)16-18)35-24-12-6-19(7-13-25(36)34(4)5)15-23(24)33-26(35)32-20-8-10-22(11-9-20)37-28(29,30)31/h6-13,15,18,21H,14,16-17H2,1-5H3,(H,32,33)/b13-7+/t18-,21-/m0/s1. The molecule has 1 N–H and O–H groups in total. The molecular formula is C28H33F3N4O2. The Morgan fingerprint density at radius 3 is 2.49 bits per heavy atom. The number of amides is 1. The van der Waals surface area contributed by atoms with Gasteiger partial charge in [0.05, 0.1) is 11.0 Å². The van der Waals surface area contributed by atoms with E-state index in [0.29, 0.717) is 17.6 Å². The molecule has 1 amide bonds. The van der Waals surface area contributed by atoms with Crippen molar-refractivity contribution < 1.29 is 22.7 Å². The monoisotopic (exact) mass is 514 g/mol. The van der Waals surface area contributed by atoms with Crippen LogP contribution in [0.2, 0.25) is 0 Å². The van der Waals surface area contributed by atoms with Crippen molar-refractivity contribution >= 4 is 34.7 Å². The molecule has 1 aliphatic carbocycles. The van der Waals surface area contributed by atoms with Crippen LogP contribution >= 0.6 is 0 Å². The van der Waals surface area contributed by atoms with Gasteiger partial charge in [0, 0.05) is 31.9 Å². The van der Waals surface area contributed by atoms with E-state index < -0.39 is 6.36 Å². The second-order valence-corrected chi connectivity index (χ2v) is 10.9. The van der Waals surface area contributed by atoms with E-state index >= 15 is 0 Å².